The maximum Gasteiger partial charge on any atom is 0.273 e. The van der Waals surface area contributed by atoms with Crippen LogP contribution in [-0.4, -0.2) is 32.3 Å². The summed E-state index contributed by atoms with van der Waals surface area (Å²) >= 11 is 0. The summed E-state index contributed by atoms with van der Waals surface area (Å²) < 4.78 is 21.7. The molecule has 0 aliphatic rings. The number of hydrogen-bond donors (Lipinski definition) is 2. The van der Waals surface area contributed by atoms with Crippen LogP contribution >= 0.6 is 0 Å². The van der Waals surface area contributed by atoms with E-state index >= 15 is 0 Å². The van der Waals surface area contributed by atoms with Crippen molar-refractivity contribution in [2.45, 2.75) is 13.5 Å². The molecular formula is C27H23FN6O3. The summed E-state index contributed by atoms with van der Waals surface area (Å²) in [6.07, 6.45) is 1.56. The summed E-state index contributed by atoms with van der Waals surface area (Å²) in [6.45, 7) is 2.17. The first-order valence-electron chi connectivity index (χ1n) is 11.5. The second-order valence-electron chi connectivity index (χ2n) is 8.13. The molecule has 0 bridgehead atoms. The SMILES string of the molecule is CCn1c(NNC(=O)c2cn(-c3ccc(F)cc3)nc2-c2cccc(OC)c2)nc2ccccc2c1=O. The number of nitrogens with one attached hydrogen (secondary N) is 2. The van der Waals surface area contributed by atoms with Gasteiger partial charge < -0.3 is 4.74 Å². The molecule has 9 nitrogen and oxygen atoms in total. The maximum absolute atomic E-state index is 13.5. The smallest absolute Gasteiger partial charge is 0.273 e. The number of halogens is 1. The summed E-state index contributed by atoms with van der Waals surface area (Å²) in [4.78, 5) is 30.8. The topological polar surface area (TPSA) is 103 Å². The van der Waals surface area contributed by atoms with E-state index in [4.69, 9.17) is 4.74 Å². The molecule has 2 N–H and O–H groups in total. The summed E-state index contributed by atoms with van der Waals surface area (Å²) in [5.74, 6) is -0.0776. The molecule has 0 atom stereocenters. The quantitative estimate of drug-likeness (QED) is 0.327. The van der Waals surface area contributed by atoms with Crippen LogP contribution in [0.4, 0.5) is 10.3 Å². The Morgan fingerprint density at radius 2 is 1.84 bits per heavy atom. The first-order chi connectivity index (χ1) is 18.0. The predicted molar refractivity (Wildman–Crippen MR) is 138 cm³/mol. The van der Waals surface area contributed by atoms with E-state index in [1.807, 2.05) is 13.0 Å². The number of anilines is 1. The average Bonchev–Trinajstić information content (AvgIpc) is 3.38. The van der Waals surface area contributed by atoms with E-state index in [1.54, 1.807) is 67.9 Å². The number of benzene rings is 3. The van der Waals surface area contributed by atoms with Gasteiger partial charge in [-0.05, 0) is 55.5 Å². The van der Waals surface area contributed by atoms with Gasteiger partial charge in [0.1, 0.15) is 17.3 Å². The molecule has 0 unspecified atom stereocenters. The van der Waals surface area contributed by atoms with Gasteiger partial charge in [0.15, 0.2) is 0 Å². The summed E-state index contributed by atoms with van der Waals surface area (Å²) in [5.41, 5.74) is 7.59. The minimum Gasteiger partial charge on any atom is -0.497 e. The Bertz CT molecular complexity index is 1660. The van der Waals surface area contributed by atoms with Crippen LogP contribution in [0.15, 0.2) is 83.8 Å². The predicted octanol–water partition coefficient (Wildman–Crippen LogP) is 4.17. The van der Waals surface area contributed by atoms with Crippen LogP contribution in [0.25, 0.3) is 27.8 Å². The molecule has 2 heterocycles. The molecule has 2 aromatic heterocycles. The molecule has 1 amide bonds. The fraction of sp³-hybridized carbons (Fsp3) is 0.111. The number of amides is 1. The van der Waals surface area contributed by atoms with Crippen molar-refractivity contribution >= 4 is 22.8 Å². The van der Waals surface area contributed by atoms with Crippen LogP contribution < -0.4 is 21.1 Å². The van der Waals surface area contributed by atoms with Crippen molar-refractivity contribution in [2.24, 2.45) is 0 Å². The Hall–Kier alpha value is -4.99. The third kappa shape index (κ3) is 4.64. The molecule has 186 valence electrons. The molecule has 0 saturated heterocycles. The lowest BCUT2D eigenvalue weighted by Gasteiger charge is -2.14. The number of carbonyl (C=O) groups excluding carboxylic acids is 1. The summed E-state index contributed by atoms with van der Waals surface area (Å²) in [5, 5.41) is 5.09. The van der Waals surface area contributed by atoms with Crippen LogP contribution in [0.5, 0.6) is 5.75 Å². The van der Waals surface area contributed by atoms with Gasteiger partial charge in [0, 0.05) is 18.3 Å². The van der Waals surface area contributed by atoms with Gasteiger partial charge >= 0.3 is 0 Å². The third-order valence-electron chi connectivity index (χ3n) is 5.86. The number of ether oxygens (including phenoxy) is 1. The van der Waals surface area contributed by atoms with E-state index in [0.717, 1.165) is 0 Å². The van der Waals surface area contributed by atoms with Crippen molar-refractivity contribution in [1.82, 2.24) is 24.8 Å². The molecule has 0 fully saturated rings. The minimum atomic E-state index is -0.503. The number of hydrogen-bond acceptors (Lipinski definition) is 6. The lowest BCUT2D eigenvalue weighted by Crippen LogP contribution is -2.34. The molecule has 5 aromatic rings. The van der Waals surface area contributed by atoms with E-state index < -0.39 is 5.91 Å². The van der Waals surface area contributed by atoms with Gasteiger partial charge in [0.25, 0.3) is 11.5 Å². The third-order valence-corrected chi connectivity index (χ3v) is 5.86. The highest BCUT2D eigenvalue weighted by atomic mass is 19.1. The molecular weight excluding hydrogens is 475 g/mol. The zero-order valence-electron chi connectivity index (χ0n) is 20.1. The van der Waals surface area contributed by atoms with E-state index in [-0.39, 0.29) is 22.9 Å². The summed E-state index contributed by atoms with van der Waals surface area (Å²) in [7, 11) is 1.55. The van der Waals surface area contributed by atoms with Crippen molar-refractivity contribution in [3.8, 4) is 22.7 Å². The van der Waals surface area contributed by atoms with Crippen LogP contribution in [0.2, 0.25) is 0 Å². The number of para-hydroxylation sites is 1. The molecule has 3 aromatic carbocycles. The van der Waals surface area contributed by atoms with Gasteiger partial charge in [0.2, 0.25) is 5.95 Å². The van der Waals surface area contributed by atoms with Gasteiger partial charge in [-0.1, -0.05) is 24.3 Å². The molecule has 0 aliphatic heterocycles. The van der Waals surface area contributed by atoms with Crippen LogP contribution in [-0.2, 0) is 6.54 Å². The molecule has 0 radical (unpaired) electrons. The number of nitrogens with zero attached hydrogens (tertiary/aromatic N) is 4. The second-order valence-corrected chi connectivity index (χ2v) is 8.13. The van der Waals surface area contributed by atoms with Gasteiger partial charge in [-0.2, -0.15) is 5.10 Å². The van der Waals surface area contributed by atoms with Crippen molar-refractivity contribution in [1.29, 1.82) is 0 Å². The van der Waals surface area contributed by atoms with E-state index in [1.165, 1.54) is 21.4 Å². The normalized spacial score (nSPS) is 10.9. The Balaban J connectivity index is 1.52. The Morgan fingerprint density at radius 3 is 2.59 bits per heavy atom. The van der Waals surface area contributed by atoms with Crippen molar-refractivity contribution in [3.63, 3.8) is 0 Å². The Labute approximate surface area is 211 Å². The summed E-state index contributed by atoms with van der Waals surface area (Å²) in [6, 6.07) is 19.9. The minimum absolute atomic E-state index is 0.202. The lowest BCUT2D eigenvalue weighted by atomic mass is 10.1. The van der Waals surface area contributed by atoms with Gasteiger partial charge in [-0.15, -0.1) is 0 Å². The Kier molecular flexibility index (Phi) is 6.38. The molecule has 0 spiro atoms. The number of fused-ring (bicyclic) bond motifs is 1. The van der Waals surface area contributed by atoms with E-state index in [0.29, 0.717) is 40.1 Å². The highest BCUT2D eigenvalue weighted by molar-refractivity contribution is 6.00. The maximum atomic E-state index is 13.5. The first kappa shape index (κ1) is 23.7. The molecule has 37 heavy (non-hydrogen) atoms. The number of rotatable bonds is 7. The molecule has 10 heteroatoms. The highest BCUT2D eigenvalue weighted by Crippen LogP contribution is 2.27. The fourth-order valence-electron chi connectivity index (χ4n) is 3.99. The Morgan fingerprint density at radius 1 is 1.05 bits per heavy atom. The largest absolute Gasteiger partial charge is 0.497 e. The number of methoxy groups -OCH3 is 1. The lowest BCUT2D eigenvalue weighted by molar-refractivity contribution is 0.0962. The van der Waals surface area contributed by atoms with E-state index in [2.05, 4.69) is 20.9 Å². The zero-order chi connectivity index (χ0) is 25.9. The van der Waals surface area contributed by atoms with Gasteiger partial charge in [0.05, 0.1) is 29.3 Å². The van der Waals surface area contributed by atoms with Crippen molar-refractivity contribution in [2.75, 3.05) is 12.5 Å². The number of aromatic nitrogens is 4. The van der Waals surface area contributed by atoms with Gasteiger partial charge in [-0.3, -0.25) is 25.0 Å². The highest BCUT2D eigenvalue weighted by Gasteiger charge is 2.20. The van der Waals surface area contributed by atoms with Crippen LogP contribution in [0.1, 0.15) is 17.3 Å². The fourth-order valence-corrected chi connectivity index (χ4v) is 3.99. The monoisotopic (exact) mass is 498 g/mol. The zero-order valence-corrected chi connectivity index (χ0v) is 20.1. The van der Waals surface area contributed by atoms with Crippen molar-refractivity contribution < 1.29 is 13.9 Å². The second kappa shape index (κ2) is 9.94. The average molecular weight is 499 g/mol. The van der Waals surface area contributed by atoms with Gasteiger partial charge in [-0.25, -0.2) is 14.1 Å². The van der Waals surface area contributed by atoms with E-state index in [9.17, 15) is 14.0 Å². The van der Waals surface area contributed by atoms with Crippen molar-refractivity contribution in [3.05, 3.63) is 101 Å². The standard InChI is InChI=1S/C27H23FN6O3/c1-3-33-26(36)21-9-4-5-10-23(21)29-27(33)31-30-25(35)22-16-34(19-13-11-18(28)12-14-19)32-24(22)17-7-6-8-20(15-17)37-2/h4-16H,3H2,1-2H3,(H,29,31)(H,30,35). The number of hydrazine groups is 1. The first-order valence-corrected chi connectivity index (χ1v) is 11.5. The molecule has 0 saturated carbocycles. The van der Waals surface area contributed by atoms with Crippen LogP contribution in [0, 0.1) is 5.82 Å². The molecule has 5 rings (SSSR count). The van der Waals surface area contributed by atoms with Crippen LogP contribution in [0.3, 0.4) is 0 Å². The molecule has 0 aliphatic carbocycles. The number of carbonyl (C=O) groups is 1.